The Kier molecular flexibility index (Phi) is 3.72. The summed E-state index contributed by atoms with van der Waals surface area (Å²) in [5, 5.41) is 11.0. The zero-order valence-electron chi connectivity index (χ0n) is 11.8. The van der Waals surface area contributed by atoms with Crippen LogP contribution in [0.15, 0.2) is 36.7 Å². The van der Waals surface area contributed by atoms with Crippen molar-refractivity contribution in [2.75, 3.05) is 25.0 Å². The summed E-state index contributed by atoms with van der Waals surface area (Å²) < 4.78 is 5.49. The first-order valence-electron chi connectivity index (χ1n) is 6.91. The summed E-state index contributed by atoms with van der Waals surface area (Å²) in [4.78, 5) is 15.5. The van der Waals surface area contributed by atoms with Crippen molar-refractivity contribution in [1.82, 2.24) is 19.9 Å². The van der Waals surface area contributed by atoms with Crippen LogP contribution in [0.5, 0.6) is 5.75 Å². The summed E-state index contributed by atoms with van der Waals surface area (Å²) in [6.45, 7) is 3.69. The number of para-hydroxylation sites is 2. The number of rotatable bonds is 4. The van der Waals surface area contributed by atoms with Crippen molar-refractivity contribution < 1.29 is 9.53 Å². The number of carbonyl (C=O) groups excluding carboxylic acids is 1. The molecule has 1 aliphatic rings. The molecule has 21 heavy (non-hydrogen) atoms. The molecule has 0 bridgehead atoms. The molecule has 1 aromatic heterocycles. The van der Waals surface area contributed by atoms with Gasteiger partial charge in [-0.05, 0) is 19.1 Å². The zero-order valence-corrected chi connectivity index (χ0v) is 11.8. The third-order valence-electron chi connectivity index (χ3n) is 3.34. The molecule has 0 saturated carbocycles. The topological polar surface area (TPSA) is 72.3 Å². The number of anilines is 1. The zero-order chi connectivity index (χ0) is 14.7. The molecule has 2 amide bonds. The highest BCUT2D eigenvalue weighted by atomic mass is 16.5. The number of carbonyl (C=O) groups is 1. The number of ether oxygens (including phenoxy) is 1. The fraction of sp³-hybridized carbons (Fsp3) is 0.357. The van der Waals surface area contributed by atoms with Crippen LogP contribution in [0, 0.1) is 0 Å². The third kappa shape index (κ3) is 2.81. The highest BCUT2D eigenvalue weighted by molar-refractivity contribution is 5.91. The lowest BCUT2D eigenvalue weighted by atomic mass is 10.1. The van der Waals surface area contributed by atoms with Gasteiger partial charge in [0.05, 0.1) is 24.7 Å². The van der Waals surface area contributed by atoms with Crippen LogP contribution in [0.4, 0.5) is 10.5 Å². The third-order valence-corrected chi connectivity index (χ3v) is 3.34. The molecule has 0 aliphatic carbocycles. The van der Waals surface area contributed by atoms with Gasteiger partial charge in [-0.15, -0.1) is 0 Å². The molecule has 1 N–H and O–H groups in total. The van der Waals surface area contributed by atoms with Gasteiger partial charge in [-0.25, -0.2) is 4.79 Å². The van der Waals surface area contributed by atoms with Gasteiger partial charge in [-0.3, -0.25) is 0 Å². The Balaban J connectivity index is 1.58. The van der Waals surface area contributed by atoms with E-state index in [-0.39, 0.29) is 12.1 Å². The van der Waals surface area contributed by atoms with E-state index >= 15 is 0 Å². The van der Waals surface area contributed by atoms with Gasteiger partial charge in [0.2, 0.25) is 0 Å². The number of aromatic nitrogens is 3. The van der Waals surface area contributed by atoms with Crippen molar-refractivity contribution in [2.45, 2.75) is 13.0 Å². The molecule has 1 fully saturated rings. The van der Waals surface area contributed by atoms with E-state index in [0.29, 0.717) is 31.1 Å². The normalized spacial score (nSPS) is 14.6. The van der Waals surface area contributed by atoms with Crippen LogP contribution in [0.2, 0.25) is 0 Å². The molecule has 0 radical (unpaired) electrons. The first-order valence-corrected chi connectivity index (χ1v) is 6.91. The van der Waals surface area contributed by atoms with Gasteiger partial charge in [0.15, 0.2) is 0 Å². The number of urea groups is 1. The second-order valence-corrected chi connectivity index (χ2v) is 4.77. The highest BCUT2D eigenvalue weighted by Gasteiger charge is 2.33. The molecule has 0 spiro atoms. The fourth-order valence-electron chi connectivity index (χ4n) is 2.23. The maximum absolute atomic E-state index is 12.2. The number of hydrogen-bond donors (Lipinski definition) is 1. The molecule has 1 saturated heterocycles. The Hall–Kier alpha value is -2.57. The number of amides is 2. The largest absolute Gasteiger partial charge is 0.492 e. The lowest BCUT2D eigenvalue weighted by Gasteiger charge is -2.38. The number of nitrogens with zero attached hydrogens (tertiary/aromatic N) is 4. The lowest BCUT2D eigenvalue weighted by Crippen LogP contribution is -2.52. The van der Waals surface area contributed by atoms with Crippen molar-refractivity contribution in [3.05, 3.63) is 36.7 Å². The van der Waals surface area contributed by atoms with Gasteiger partial charge >= 0.3 is 6.03 Å². The van der Waals surface area contributed by atoms with Crippen molar-refractivity contribution in [1.29, 1.82) is 0 Å². The van der Waals surface area contributed by atoms with Crippen molar-refractivity contribution in [2.24, 2.45) is 0 Å². The Morgan fingerprint density at radius 1 is 1.33 bits per heavy atom. The highest BCUT2D eigenvalue weighted by Crippen LogP contribution is 2.26. The lowest BCUT2D eigenvalue weighted by molar-refractivity contribution is 0.119. The Morgan fingerprint density at radius 3 is 2.76 bits per heavy atom. The maximum Gasteiger partial charge on any atom is 0.322 e. The molecule has 7 heteroatoms. The average Bonchev–Trinajstić information content (AvgIpc) is 2.93. The minimum atomic E-state index is -0.134. The van der Waals surface area contributed by atoms with Crippen molar-refractivity contribution in [3.8, 4) is 5.75 Å². The number of likely N-dealkylation sites (tertiary alicyclic amines) is 1. The minimum Gasteiger partial charge on any atom is -0.492 e. The van der Waals surface area contributed by atoms with E-state index in [1.807, 2.05) is 31.2 Å². The van der Waals surface area contributed by atoms with E-state index < -0.39 is 0 Å². The monoisotopic (exact) mass is 287 g/mol. The Bertz CT molecular complexity index is 608. The second kappa shape index (κ2) is 5.82. The molecule has 3 rings (SSSR count). The molecule has 0 unspecified atom stereocenters. The van der Waals surface area contributed by atoms with Crippen molar-refractivity contribution in [3.63, 3.8) is 0 Å². The molecule has 7 nitrogen and oxygen atoms in total. The quantitative estimate of drug-likeness (QED) is 0.930. The molecule has 2 heterocycles. The van der Waals surface area contributed by atoms with Crippen LogP contribution in [-0.4, -0.2) is 45.6 Å². The van der Waals surface area contributed by atoms with Crippen LogP contribution in [0.25, 0.3) is 0 Å². The summed E-state index contributed by atoms with van der Waals surface area (Å²) in [6, 6.07) is 7.44. The maximum atomic E-state index is 12.2. The molecular formula is C14H17N5O2. The average molecular weight is 287 g/mol. The second-order valence-electron chi connectivity index (χ2n) is 4.77. The van der Waals surface area contributed by atoms with Crippen LogP contribution < -0.4 is 10.1 Å². The first kappa shape index (κ1) is 13.4. The van der Waals surface area contributed by atoms with Crippen LogP contribution in [0.1, 0.15) is 13.0 Å². The fourth-order valence-corrected chi connectivity index (χ4v) is 2.23. The number of benzene rings is 1. The first-order chi connectivity index (χ1) is 10.3. The van der Waals surface area contributed by atoms with Gasteiger partial charge in [-0.1, -0.05) is 12.1 Å². The number of nitrogens with one attached hydrogen (secondary N) is 1. The van der Waals surface area contributed by atoms with E-state index in [0.717, 1.165) is 0 Å². The predicted octanol–water partition coefficient (Wildman–Crippen LogP) is 1.77. The summed E-state index contributed by atoms with van der Waals surface area (Å²) in [6.07, 6.45) is 3.28. The van der Waals surface area contributed by atoms with Crippen LogP contribution in [-0.2, 0) is 0 Å². The van der Waals surface area contributed by atoms with E-state index in [2.05, 4.69) is 15.5 Å². The summed E-state index contributed by atoms with van der Waals surface area (Å²) >= 11 is 0. The molecule has 1 aliphatic heterocycles. The predicted molar refractivity (Wildman–Crippen MR) is 77.3 cm³/mol. The molecular weight excluding hydrogens is 270 g/mol. The molecule has 2 aromatic rings. The van der Waals surface area contributed by atoms with Gasteiger partial charge in [-0.2, -0.15) is 15.0 Å². The molecule has 110 valence electrons. The van der Waals surface area contributed by atoms with Gasteiger partial charge in [0, 0.05) is 13.1 Å². The number of hydrogen-bond acceptors (Lipinski definition) is 4. The van der Waals surface area contributed by atoms with Gasteiger partial charge in [0.25, 0.3) is 0 Å². The van der Waals surface area contributed by atoms with Crippen LogP contribution in [0.3, 0.4) is 0 Å². The van der Waals surface area contributed by atoms with E-state index in [1.165, 1.54) is 0 Å². The Labute approximate surface area is 122 Å². The smallest absolute Gasteiger partial charge is 0.322 e. The van der Waals surface area contributed by atoms with Crippen molar-refractivity contribution >= 4 is 11.7 Å². The van der Waals surface area contributed by atoms with E-state index in [4.69, 9.17) is 4.74 Å². The summed E-state index contributed by atoms with van der Waals surface area (Å²) in [7, 11) is 0. The molecule has 1 aromatic carbocycles. The molecule has 0 atom stereocenters. The van der Waals surface area contributed by atoms with E-state index in [9.17, 15) is 4.79 Å². The standard InChI is InChI=1S/C14H17N5O2/c1-2-21-13-6-4-3-5-12(13)17-14(20)18-9-11(10-18)19-15-7-8-16-19/h3-8,11H,2,9-10H2,1H3,(H,17,20). The minimum absolute atomic E-state index is 0.134. The summed E-state index contributed by atoms with van der Waals surface area (Å²) in [5.41, 5.74) is 0.685. The summed E-state index contributed by atoms with van der Waals surface area (Å²) in [5.74, 6) is 0.680. The van der Waals surface area contributed by atoms with E-state index in [1.54, 1.807) is 22.1 Å². The van der Waals surface area contributed by atoms with Gasteiger partial charge < -0.3 is 15.0 Å². The van der Waals surface area contributed by atoms with Crippen LogP contribution >= 0.6 is 0 Å². The van der Waals surface area contributed by atoms with Gasteiger partial charge in [0.1, 0.15) is 11.8 Å². The SMILES string of the molecule is CCOc1ccccc1NC(=O)N1CC(n2nccn2)C1. The Morgan fingerprint density at radius 2 is 2.05 bits per heavy atom.